The fourth-order valence-electron chi connectivity index (χ4n) is 4.40. The molecular formula is C29H27Cl2NO5. The van der Waals surface area contributed by atoms with Gasteiger partial charge in [0.25, 0.3) is 11.7 Å². The first kappa shape index (κ1) is 26.7. The van der Waals surface area contributed by atoms with Crippen LogP contribution in [-0.2, 0) is 20.9 Å². The van der Waals surface area contributed by atoms with E-state index < -0.39 is 17.7 Å². The summed E-state index contributed by atoms with van der Waals surface area (Å²) in [5, 5.41) is 12.0. The lowest BCUT2D eigenvalue weighted by atomic mass is 9.94. The number of aliphatic hydroxyl groups excluding tert-OH is 1. The standard InChI is InChI=1S/C29H27Cl2NO5/c1-18-15-21(37-17-19-7-4-3-5-8-19)10-11-22(18)27(33)25-26(20-9-12-23(30)24(31)16-20)32(13-6-14-36-2)29(35)28(25)34/h3-5,7-12,15-16,26,33H,6,13-14,17H2,1-2H3/t26-/m1/s1. The van der Waals surface area contributed by atoms with Gasteiger partial charge in [0.15, 0.2) is 0 Å². The third kappa shape index (κ3) is 5.82. The number of nitrogens with zero attached hydrogens (tertiary/aromatic N) is 1. The highest BCUT2D eigenvalue weighted by atomic mass is 35.5. The van der Waals surface area contributed by atoms with Gasteiger partial charge >= 0.3 is 0 Å². The fourth-order valence-corrected chi connectivity index (χ4v) is 4.70. The normalized spacial score (nSPS) is 16.9. The van der Waals surface area contributed by atoms with Crippen LogP contribution in [0.25, 0.3) is 5.76 Å². The summed E-state index contributed by atoms with van der Waals surface area (Å²) in [7, 11) is 1.57. The lowest BCUT2D eigenvalue weighted by Gasteiger charge is -2.25. The molecule has 0 unspecified atom stereocenters. The quantitative estimate of drug-likeness (QED) is 0.148. The minimum atomic E-state index is -0.819. The maximum atomic E-state index is 13.2. The van der Waals surface area contributed by atoms with E-state index in [0.29, 0.717) is 47.1 Å². The van der Waals surface area contributed by atoms with E-state index in [2.05, 4.69) is 0 Å². The number of likely N-dealkylation sites (tertiary alicyclic amines) is 1. The summed E-state index contributed by atoms with van der Waals surface area (Å²) in [6.45, 7) is 2.90. The zero-order valence-corrected chi connectivity index (χ0v) is 22.1. The third-order valence-electron chi connectivity index (χ3n) is 6.25. The van der Waals surface area contributed by atoms with Gasteiger partial charge < -0.3 is 19.5 Å². The van der Waals surface area contributed by atoms with Gasteiger partial charge in [0.1, 0.15) is 18.1 Å². The number of carbonyl (C=O) groups excluding carboxylic acids is 2. The van der Waals surface area contributed by atoms with Crippen molar-refractivity contribution in [3.8, 4) is 5.75 Å². The molecular weight excluding hydrogens is 513 g/mol. The maximum Gasteiger partial charge on any atom is 0.295 e. The lowest BCUT2D eigenvalue weighted by Crippen LogP contribution is -2.31. The van der Waals surface area contributed by atoms with Crippen molar-refractivity contribution in [3.63, 3.8) is 0 Å². The molecule has 0 radical (unpaired) electrons. The molecule has 1 atom stereocenters. The predicted molar refractivity (Wildman–Crippen MR) is 144 cm³/mol. The summed E-state index contributed by atoms with van der Waals surface area (Å²) in [4.78, 5) is 27.7. The molecule has 1 fully saturated rings. The van der Waals surface area contributed by atoms with Crippen LogP contribution in [0.1, 0.15) is 34.7 Å². The topological polar surface area (TPSA) is 76.1 Å². The van der Waals surface area contributed by atoms with Crippen LogP contribution in [0, 0.1) is 6.92 Å². The molecule has 1 aliphatic rings. The molecule has 37 heavy (non-hydrogen) atoms. The summed E-state index contributed by atoms with van der Waals surface area (Å²) in [6, 6.07) is 19.1. The Morgan fingerprint density at radius 2 is 1.76 bits per heavy atom. The fraction of sp³-hybridized carbons (Fsp3) is 0.241. The number of carbonyl (C=O) groups is 2. The van der Waals surface area contributed by atoms with Crippen molar-refractivity contribution in [2.24, 2.45) is 0 Å². The van der Waals surface area contributed by atoms with E-state index in [0.717, 1.165) is 5.56 Å². The van der Waals surface area contributed by atoms with Crippen molar-refractivity contribution >= 4 is 40.7 Å². The first-order valence-corrected chi connectivity index (χ1v) is 12.6. The number of amides is 1. The maximum absolute atomic E-state index is 13.2. The second-order valence-electron chi connectivity index (χ2n) is 8.76. The van der Waals surface area contributed by atoms with E-state index in [1.54, 1.807) is 43.5 Å². The van der Waals surface area contributed by atoms with Crippen molar-refractivity contribution in [2.75, 3.05) is 20.3 Å². The average Bonchev–Trinajstić information content (AvgIpc) is 3.14. The van der Waals surface area contributed by atoms with E-state index in [4.69, 9.17) is 32.7 Å². The second kappa shape index (κ2) is 11.8. The molecule has 1 amide bonds. The summed E-state index contributed by atoms with van der Waals surface area (Å²) in [5.74, 6) is -1.07. The van der Waals surface area contributed by atoms with Crippen LogP contribution in [-0.4, -0.2) is 42.0 Å². The highest BCUT2D eigenvalue weighted by molar-refractivity contribution is 6.47. The number of benzene rings is 3. The number of methoxy groups -OCH3 is 1. The van der Waals surface area contributed by atoms with Gasteiger partial charge in [0, 0.05) is 25.8 Å². The number of rotatable bonds is 9. The Bertz CT molecular complexity index is 1340. The Balaban J connectivity index is 1.71. The van der Waals surface area contributed by atoms with E-state index in [-0.39, 0.29) is 22.9 Å². The Morgan fingerprint density at radius 1 is 1.00 bits per heavy atom. The van der Waals surface area contributed by atoms with Gasteiger partial charge in [-0.15, -0.1) is 0 Å². The van der Waals surface area contributed by atoms with Crippen LogP contribution < -0.4 is 4.74 Å². The number of ketones is 1. The van der Waals surface area contributed by atoms with E-state index in [1.807, 2.05) is 37.3 Å². The highest BCUT2D eigenvalue weighted by Crippen LogP contribution is 2.41. The monoisotopic (exact) mass is 539 g/mol. The summed E-state index contributed by atoms with van der Waals surface area (Å²) >= 11 is 12.4. The van der Waals surface area contributed by atoms with Gasteiger partial charge in [0.05, 0.1) is 21.7 Å². The molecule has 6 nitrogen and oxygen atoms in total. The van der Waals surface area contributed by atoms with Crippen LogP contribution in [0.3, 0.4) is 0 Å². The van der Waals surface area contributed by atoms with Crippen LogP contribution in [0.15, 0.2) is 72.3 Å². The minimum absolute atomic E-state index is 0.00172. The summed E-state index contributed by atoms with van der Waals surface area (Å²) in [5.41, 5.74) is 2.74. The van der Waals surface area contributed by atoms with Crippen molar-refractivity contribution in [1.29, 1.82) is 0 Å². The molecule has 0 spiro atoms. The van der Waals surface area contributed by atoms with Crippen molar-refractivity contribution in [3.05, 3.63) is 105 Å². The van der Waals surface area contributed by atoms with Gasteiger partial charge in [-0.05, 0) is 60.4 Å². The zero-order chi connectivity index (χ0) is 26.5. The molecule has 0 aliphatic carbocycles. The molecule has 0 saturated carbocycles. The first-order valence-electron chi connectivity index (χ1n) is 11.8. The summed E-state index contributed by atoms with van der Waals surface area (Å²) in [6.07, 6.45) is 0.522. The number of halogens is 2. The van der Waals surface area contributed by atoms with E-state index >= 15 is 0 Å². The van der Waals surface area contributed by atoms with Gasteiger partial charge in [-0.1, -0.05) is 59.6 Å². The van der Waals surface area contributed by atoms with Crippen LogP contribution in [0.2, 0.25) is 10.0 Å². The van der Waals surface area contributed by atoms with Crippen LogP contribution in [0.5, 0.6) is 5.75 Å². The SMILES string of the molecule is COCCCN1C(=O)C(=O)C(=C(O)c2ccc(OCc3ccccc3)cc2C)[C@H]1c1ccc(Cl)c(Cl)c1. The molecule has 1 heterocycles. The Labute approximate surface area is 226 Å². The van der Waals surface area contributed by atoms with E-state index in [1.165, 1.54) is 4.90 Å². The highest BCUT2D eigenvalue weighted by Gasteiger charge is 2.46. The molecule has 4 rings (SSSR count). The van der Waals surface area contributed by atoms with Gasteiger partial charge in [-0.25, -0.2) is 0 Å². The second-order valence-corrected chi connectivity index (χ2v) is 9.58. The molecule has 3 aromatic rings. The Hall–Kier alpha value is -3.32. The van der Waals surface area contributed by atoms with E-state index in [9.17, 15) is 14.7 Å². The minimum Gasteiger partial charge on any atom is -0.507 e. The first-order chi connectivity index (χ1) is 17.8. The number of hydrogen-bond acceptors (Lipinski definition) is 5. The zero-order valence-electron chi connectivity index (χ0n) is 20.5. The molecule has 1 N–H and O–H groups in total. The molecule has 3 aromatic carbocycles. The van der Waals surface area contributed by atoms with Crippen molar-refractivity contribution in [2.45, 2.75) is 26.0 Å². The molecule has 1 aliphatic heterocycles. The van der Waals surface area contributed by atoms with Gasteiger partial charge in [-0.3, -0.25) is 9.59 Å². The Morgan fingerprint density at radius 3 is 2.43 bits per heavy atom. The summed E-state index contributed by atoms with van der Waals surface area (Å²) < 4.78 is 11.0. The largest absolute Gasteiger partial charge is 0.507 e. The average molecular weight is 540 g/mol. The van der Waals surface area contributed by atoms with Crippen LogP contribution in [0.4, 0.5) is 0 Å². The molecule has 8 heteroatoms. The third-order valence-corrected chi connectivity index (χ3v) is 6.99. The number of aliphatic hydroxyl groups is 1. The molecule has 0 bridgehead atoms. The Kier molecular flexibility index (Phi) is 8.54. The van der Waals surface area contributed by atoms with Crippen molar-refractivity contribution < 1.29 is 24.2 Å². The van der Waals surface area contributed by atoms with Crippen LogP contribution >= 0.6 is 23.2 Å². The molecule has 1 saturated heterocycles. The number of ether oxygens (including phenoxy) is 2. The molecule has 192 valence electrons. The molecule has 0 aromatic heterocycles. The van der Waals surface area contributed by atoms with Gasteiger partial charge in [0.2, 0.25) is 0 Å². The number of hydrogen-bond donors (Lipinski definition) is 1. The van der Waals surface area contributed by atoms with Crippen molar-refractivity contribution in [1.82, 2.24) is 4.90 Å². The lowest BCUT2D eigenvalue weighted by molar-refractivity contribution is -0.140. The van der Waals surface area contributed by atoms with Gasteiger partial charge in [-0.2, -0.15) is 0 Å². The smallest absolute Gasteiger partial charge is 0.295 e. The predicted octanol–water partition coefficient (Wildman–Crippen LogP) is 6.34. The number of Topliss-reactive ketones (excluding diaryl/α,β-unsaturated/α-hetero) is 1. The number of aryl methyl sites for hydroxylation is 1.